The number of hydrogen-bond donors (Lipinski definition) is 9. The van der Waals surface area contributed by atoms with Crippen LogP contribution in [0.1, 0.15) is 100 Å². The van der Waals surface area contributed by atoms with Crippen LogP contribution in [0.25, 0.3) is 11.0 Å². The number of nitrogens with one attached hydrogen (secondary N) is 7. The molecule has 28 nitrogen and oxygen atoms in total. The second-order valence-electron chi connectivity index (χ2n) is 21.3. The number of unbranched alkanes of at least 4 members (excludes halogenated alkanes) is 2. The SMILES string of the molecule is CC(C)[C@@H](NC(=O)CCCCCN1C(=O)C=CC1=O)C(=O)N[C@H](CCCNC(N)=O)C(=O)Nc1ccc(COC(=O)NCCOCCOCCNC(=O)O[C@H]2C[C@H](n3ccc4c(N[C@H]5CCc6ccccc65)ncnc43)C[C@H]2COS(N)(=O)=O)cc1. The van der Waals surface area contributed by atoms with Crippen molar-refractivity contribution in [1.29, 1.82) is 0 Å². The van der Waals surface area contributed by atoms with Gasteiger partial charge in [-0.05, 0) is 85.8 Å². The van der Waals surface area contributed by atoms with Crippen molar-refractivity contribution in [2.75, 3.05) is 69.8 Å². The second-order valence-corrected chi connectivity index (χ2v) is 22.5. The number of carbonyl (C=O) groups is 8. The van der Waals surface area contributed by atoms with Crippen molar-refractivity contribution in [2.45, 2.75) is 115 Å². The van der Waals surface area contributed by atoms with Gasteiger partial charge in [0.25, 0.3) is 11.8 Å². The number of urea groups is 1. The number of aryl methyl sites for hydroxylation is 1. The molecule has 0 unspecified atom stereocenters. The average Bonchev–Trinajstić information content (AvgIpc) is 2.13. The third kappa shape index (κ3) is 20.2. The number of benzene rings is 2. The van der Waals surface area contributed by atoms with E-state index in [0.29, 0.717) is 54.8 Å². The third-order valence-corrected chi connectivity index (χ3v) is 15.2. The lowest BCUT2D eigenvalue weighted by Crippen LogP contribution is -2.54. The number of carbonyl (C=O) groups excluding carboxylic acids is 8. The van der Waals surface area contributed by atoms with Crippen LogP contribution in [0, 0.1) is 11.8 Å². The Labute approximate surface area is 498 Å². The number of fused-ring (bicyclic) bond motifs is 2. The first kappa shape index (κ1) is 65.3. The van der Waals surface area contributed by atoms with Gasteiger partial charge in [0, 0.05) is 75.0 Å². The molecule has 0 radical (unpaired) electrons. The Morgan fingerprint density at radius 1 is 0.791 bits per heavy atom. The summed E-state index contributed by atoms with van der Waals surface area (Å²) < 4.78 is 52.7. The third-order valence-electron chi connectivity index (χ3n) is 14.7. The van der Waals surface area contributed by atoms with E-state index >= 15 is 0 Å². The van der Waals surface area contributed by atoms with Gasteiger partial charge in [-0.25, -0.2) is 29.5 Å². The summed E-state index contributed by atoms with van der Waals surface area (Å²) in [6.07, 6.45) is 8.48. The zero-order chi connectivity index (χ0) is 61.6. The van der Waals surface area contributed by atoms with Crippen LogP contribution in [-0.4, -0.2) is 153 Å². The Morgan fingerprint density at radius 3 is 2.22 bits per heavy atom. The lowest BCUT2D eigenvalue weighted by molar-refractivity contribution is -0.137. The molecule has 466 valence electrons. The highest BCUT2D eigenvalue weighted by atomic mass is 32.2. The molecule has 3 aliphatic rings. The molecule has 0 spiro atoms. The van der Waals surface area contributed by atoms with Gasteiger partial charge in [-0.15, -0.1) is 0 Å². The van der Waals surface area contributed by atoms with Crippen LogP contribution in [0.15, 0.2) is 79.3 Å². The molecule has 11 N–H and O–H groups in total. The van der Waals surface area contributed by atoms with Crippen molar-refractivity contribution in [3.05, 3.63) is 96.0 Å². The molecule has 2 aliphatic carbocycles. The number of anilines is 2. The number of primary amides is 1. The van der Waals surface area contributed by atoms with Gasteiger partial charge in [0.1, 0.15) is 42.6 Å². The minimum absolute atomic E-state index is 0.0892. The Bertz CT molecular complexity index is 3130. The molecule has 1 fully saturated rings. The molecule has 2 aromatic carbocycles. The summed E-state index contributed by atoms with van der Waals surface area (Å²) in [7, 11) is -4.26. The molecule has 86 heavy (non-hydrogen) atoms. The van der Waals surface area contributed by atoms with Gasteiger partial charge in [-0.3, -0.25) is 33.1 Å². The van der Waals surface area contributed by atoms with Crippen molar-refractivity contribution in [3.63, 3.8) is 0 Å². The van der Waals surface area contributed by atoms with E-state index in [1.807, 2.05) is 29.0 Å². The molecular formula is C57H77N13O15S. The minimum Gasteiger partial charge on any atom is -0.446 e. The molecule has 0 saturated heterocycles. The van der Waals surface area contributed by atoms with Crippen LogP contribution in [0.4, 0.5) is 25.9 Å². The molecule has 3 heterocycles. The molecule has 1 saturated carbocycles. The first-order valence-corrected chi connectivity index (χ1v) is 30.2. The number of nitrogens with two attached hydrogens (primary N) is 2. The van der Waals surface area contributed by atoms with Crippen LogP contribution in [0.2, 0.25) is 0 Å². The molecule has 6 atom stereocenters. The van der Waals surface area contributed by atoms with Crippen molar-refractivity contribution < 1.29 is 69.9 Å². The number of aromatic nitrogens is 3. The van der Waals surface area contributed by atoms with Crippen molar-refractivity contribution in [2.24, 2.45) is 22.7 Å². The Morgan fingerprint density at radius 2 is 1.51 bits per heavy atom. The summed E-state index contributed by atoms with van der Waals surface area (Å²) in [5, 5.41) is 25.6. The summed E-state index contributed by atoms with van der Waals surface area (Å²) in [6, 6.07) is 13.9. The van der Waals surface area contributed by atoms with Gasteiger partial charge in [0.15, 0.2) is 0 Å². The quantitative estimate of drug-likeness (QED) is 0.0239. The van der Waals surface area contributed by atoms with Gasteiger partial charge in [-0.2, -0.15) is 8.42 Å². The van der Waals surface area contributed by atoms with E-state index in [9.17, 15) is 46.8 Å². The van der Waals surface area contributed by atoms with Crippen LogP contribution >= 0.6 is 0 Å². The average molecular weight is 1220 g/mol. The predicted molar refractivity (Wildman–Crippen MR) is 312 cm³/mol. The molecular weight excluding hydrogens is 1140 g/mol. The summed E-state index contributed by atoms with van der Waals surface area (Å²) in [5.41, 5.74) is 9.42. The molecule has 9 amide bonds. The van der Waals surface area contributed by atoms with Crippen molar-refractivity contribution in [3.8, 4) is 0 Å². The van der Waals surface area contributed by atoms with Gasteiger partial charge in [0.05, 0.1) is 44.5 Å². The van der Waals surface area contributed by atoms with Crippen LogP contribution in [0.5, 0.6) is 0 Å². The number of rotatable bonds is 34. The van der Waals surface area contributed by atoms with Crippen LogP contribution in [0.3, 0.4) is 0 Å². The van der Waals surface area contributed by atoms with Gasteiger partial charge in [-0.1, -0.05) is 56.7 Å². The number of imide groups is 1. The Kier molecular flexibility index (Phi) is 24.5. The summed E-state index contributed by atoms with van der Waals surface area (Å²) >= 11 is 0. The van der Waals surface area contributed by atoms with Crippen molar-refractivity contribution >= 4 is 80.6 Å². The summed E-state index contributed by atoms with van der Waals surface area (Å²) in [5.74, 6) is -2.38. The zero-order valence-corrected chi connectivity index (χ0v) is 49.0. The number of ether oxygens (including phenoxy) is 4. The largest absolute Gasteiger partial charge is 0.446 e. The van der Waals surface area contributed by atoms with Gasteiger partial charge in [0.2, 0.25) is 17.7 Å². The molecule has 29 heteroatoms. The second kappa shape index (κ2) is 32.3. The van der Waals surface area contributed by atoms with Gasteiger partial charge >= 0.3 is 28.5 Å². The maximum absolute atomic E-state index is 13.6. The highest BCUT2D eigenvalue weighted by Gasteiger charge is 2.40. The first-order chi connectivity index (χ1) is 41.3. The summed E-state index contributed by atoms with van der Waals surface area (Å²) in [6.45, 7) is 4.45. The fourth-order valence-corrected chi connectivity index (χ4v) is 10.7. The number of amides is 9. The monoisotopic (exact) mass is 1220 g/mol. The van der Waals surface area contributed by atoms with Gasteiger partial charge < -0.3 is 66.5 Å². The Hall–Kier alpha value is -8.25. The van der Waals surface area contributed by atoms with E-state index in [4.69, 9.17) is 34.0 Å². The molecule has 4 aromatic rings. The molecule has 0 bridgehead atoms. The number of hydrogen-bond acceptors (Lipinski definition) is 18. The highest BCUT2D eigenvalue weighted by molar-refractivity contribution is 7.84. The molecule has 2 aromatic heterocycles. The van der Waals surface area contributed by atoms with Crippen LogP contribution in [-0.2, 0) is 70.4 Å². The van der Waals surface area contributed by atoms with E-state index in [1.54, 1.807) is 38.1 Å². The highest BCUT2D eigenvalue weighted by Crippen LogP contribution is 2.40. The predicted octanol–water partition coefficient (Wildman–Crippen LogP) is 3.25. The van der Waals surface area contributed by atoms with E-state index in [1.165, 1.54) is 29.6 Å². The van der Waals surface area contributed by atoms with E-state index in [-0.39, 0.29) is 121 Å². The fraction of sp³-hybridized carbons (Fsp3) is 0.509. The maximum Gasteiger partial charge on any atom is 0.407 e. The zero-order valence-electron chi connectivity index (χ0n) is 48.2. The first-order valence-electron chi connectivity index (χ1n) is 28.7. The van der Waals surface area contributed by atoms with Crippen molar-refractivity contribution in [1.82, 2.24) is 46.0 Å². The lowest BCUT2D eigenvalue weighted by atomic mass is 10.0. The minimum atomic E-state index is -4.26. The van der Waals surface area contributed by atoms with Crippen LogP contribution < -0.4 is 48.1 Å². The van der Waals surface area contributed by atoms with E-state index < -0.39 is 64.4 Å². The van der Waals surface area contributed by atoms with E-state index in [2.05, 4.69) is 59.3 Å². The molecule has 1 aliphatic heterocycles. The lowest BCUT2D eigenvalue weighted by Gasteiger charge is -2.25. The maximum atomic E-state index is 13.6. The molecule has 7 rings (SSSR count). The normalized spacial score (nSPS) is 17.9. The Balaban J connectivity index is 0.755. The number of nitrogens with zero attached hydrogens (tertiary/aromatic N) is 4. The standard InChI is InChI=1S/C57H77N13O15S/c1-36(2)50(68-47(71)12-4-3-7-25-70-48(72)19-20-49(70)73)54(75)67-45(11-8-22-60-55(58)76)53(74)65-40-16-13-37(14-17-40)33-83-56(77)61-23-27-81-29-30-82-28-24-62-57(78)85-46-32-41(31-39(46)34-84-86(59,79)80)69-26-21-43-51(63-35-64-52(43)69)66-44-18-15-38-9-5-6-10-42(38)44/h5-6,9-10,13-14,16-17,19-21,26,35-36,39,41,44-46,50H,3-4,7-8,11-12,15,18,22-25,27-34H2,1-2H3,(H,61,77)(H,62,78)(H,65,74)(H,67,75)(H,68,71)(H3,58,60,76)(H2,59,79,80)(H,63,64,66)/t39-,41+,44-,45+,46-,50+/m0/s1. The number of alkyl carbamates (subject to hydrolysis) is 2. The smallest absolute Gasteiger partial charge is 0.407 e. The fourth-order valence-electron chi connectivity index (χ4n) is 10.3. The summed E-state index contributed by atoms with van der Waals surface area (Å²) in [4.78, 5) is 110. The topological polar surface area (TPSA) is 387 Å². The van der Waals surface area contributed by atoms with E-state index in [0.717, 1.165) is 23.1 Å².